The molecule has 136 valence electrons. The van der Waals surface area contributed by atoms with Crippen LogP contribution in [0.2, 0.25) is 0 Å². The van der Waals surface area contributed by atoms with Gasteiger partial charge in [0.2, 0.25) is 0 Å². The molecule has 12 nitrogen and oxygen atoms in total. The lowest BCUT2D eigenvalue weighted by Crippen LogP contribution is -2.47. The van der Waals surface area contributed by atoms with Crippen LogP contribution in [0, 0.1) is 0 Å². The van der Waals surface area contributed by atoms with Crippen LogP contribution >= 0.6 is 0 Å². The fourth-order valence-corrected chi connectivity index (χ4v) is 5.77. The van der Waals surface area contributed by atoms with Gasteiger partial charge in [-0.3, -0.25) is 0 Å². The summed E-state index contributed by atoms with van der Waals surface area (Å²) in [6.45, 7) is 0. The molecule has 20 heteroatoms. The Morgan fingerprint density at radius 3 is 0.636 bits per heavy atom. The molecular weight excluding hydrogens is 412 g/mol. The van der Waals surface area contributed by atoms with Crippen LogP contribution in [-0.2, 0) is 40.1 Å². The molecule has 2 fully saturated rings. The number of halogens is 4. The summed E-state index contributed by atoms with van der Waals surface area (Å²) in [6, 6.07) is 0. The van der Waals surface area contributed by atoms with E-state index in [-0.39, 0.29) is 12.3 Å². The predicted molar refractivity (Wildman–Crippen MR) is 64.3 cm³/mol. The second-order valence-corrected chi connectivity index (χ2v) is 10.5. The first kappa shape index (κ1) is 23.6. The van der Waals surface area contributed by atoms with Crippen LogP contribution < -0.4 is 12.3 Å². The number of sulfonamides is 4. The van der Waals surface area contributed by atoms with Gasteiger partial charge in [-0.1, -0.05) is 0 Å². The maximum Gasteiger partial charge on any atom is 0.413 e. The lowest BCUT2D eigenvalue weighted by atomic mass is 11.6. The highest BCUT2D eigenvalue weighted by Gasteiger charge is 2.59. The Kier molecular flexibility index (Phi) is 5.87. The van der Waals surface area contributed by atoms with Gasteiger partial charge in [0.15, 0.2) is 40.1 Å². The predicted octanol–water partition coefficient (Wildman–Crippen LogP) is -0.0804. The Bertz CT molecular complexity index is 713. The van der Waals surface area contributed by atoms with Gasteiger partial charge < -0.3 is 20.6 Å². The standard InChI is InChI=1S/2CF2NO4S2.2H3N/c2*2-1(3)9(5,6)4-10(1,7)8;;/h;;2*1H3/q2*-1;;/p+2. The van der Waals surface area contributed by atoms with Crippen LogP contribution in [0.4, 0.5) is 17.6 Å². The van der Waals surface area contributed by atoms with Crippen molar-refractivity contribution in [1.82, 2.24) is 12.3 Å². The largest absolute Gasteiger partial charge is 0.424 e. The number of quaternary nitrogens is 2. The van der Waals surface area contributed by atoms with Gasteiger partial charge in [-0.25, -0.2) is 33.7 Å². The molecule has 0 spiro atoms. The zero-order valence-electron chi connectivity index (χ0n) is 10.3. The van der Waals surface area contributed by atoms with Gasteiger partial charge in [0, 0.05) is 0 Å². The van der Waals surface area contributed by atoms with Crippen molar-refractivity contribution in [1.29, 1.82) is 0 Å². The molecular formula is C2H8F4N4O8S4. The molecule has 0 unspecified atom stereocenters. The number of alkyl halides is 4. The highest BCUT2D eigenvalue weighted by Crippen LogP contribution is 2.47. The van der Waals surface area contributed by atoms with Crippen LogP contribution in [0.25, 0.3) is 8.25 Å². The van der Waals surface area contributed by atoms with Crippen LogP contribution in [0.15, 0.2) is 0 Å². The Labute approximate surface area is 121 Å². The molecule has 2 aliphatic heterocycles. The van der Waals surface area contributed by atoms with Crippen LogP contribution in [0.3, 0.4) is 0 Å². The molecule has 0 aliphatic carbocycles. The summed E-state index contributed by atoms with van der Waals surface area (Å²) in [5, 5.41) is 0. The zero-order chi connectivity index (χ0) is 16.4. The number of hydrogen-bond donors (Lipinski definition) is 2. The van der Waals surface area contributed by atoms with Crippen LogP contribution in [0.1, 0.15) is 0 Å². The maximum atomic E-state index is 11.8. The minimum absolute atomic E-state index is 0. The van der Waals surface area contributed by atoms with E-state index in [1.54, 1.807) is 0 Å². The van der Waals surface area contributed by atoms with Crippen molar-refractivity contribution >= 4 is 40.1 Å². The number of hydrogen-bond acceptors (Lipinski definition) is 8. The van der Waals surface area contributed by atoms with E-state index >= 15 is 0 Å². The molecule has 2 saturated heterocycles. The van der Waals surface area contributed by atoms with Crippen molar-refractivity contribution in [2.24, 2.45) is 0 Å². The fourth-order valence-electron chi connectivity index (χ4n) is 0.641. The highest BCUT2D eigenvalue weighted by atomic mass is 32.3. The lowest BCUT2D eigenvalue weighted by Gasteiger charge is -2.38. The van der Waals surface area contributed by atoms with Gasteiger partial charge in [0.25, 0.3) is 0 Å². The molecule has 0 aromatic carbocycles. The zero-order valence-corrected chi connectivity index (χ0v) is 13.6. The highest BCUT2D eigenvalue weighted by molar-refractivity contribution is 8.29. The molecule has 2 rings (SSSR count). The van der Waals surface area contributed by atoms with Crippen molar-refractivity contribution in [2.45, 2.75) is 9.17 Å². The third-order valence-corrected chi connectivity index (χ3v) is 9.66. The molecule has 0 aromatic heterocycles. The van der Waals surface area contributed by atoms with E-state index in [2.05, 4.69) is 0 Å². The SMILES string of the molecule is O=S1(=O)[N-]S(=O)(=O)C1(F)F.O=S1(=O)[N-]S(=O)(=O)C1(F)F.[NH4+].[NH4+]. The van der Waals surface area contributed by atoms with Crippen molar-refractivity contribution in [3.8, 4) is 0 Å². The topological polar surface area (TPSA) is 238 Å². The summed E-state index contributed by atoms with van der Waals surface area (Å²) in [5.41, 5.74) is 0. The summed E-state index contributed by atoms with van der Waals surface area (Å²) in [6.07, 6.45) is 0. The molecule has 0 bridgehead atoms. The molecule has 8 N–H and O–H groups in total. The van der Waals surface area contributed by atoms with E-state index in [9.17, 15) is 51.2 Å². The van der Waals surface area contributed by atoms with Crippen molar-refractivity contribution in [3.05, 3.63) is 8.25 Å². The number of rotatable bonds is 0. The van der Waals surface area contributed by atoms with E-state index in [1.165, 1.54) is 0 Å². The molecule has 0 radical (unpaired) electrons. The summed E-state index contributed by atoms with van der Waals surface area (Å²) in [5.74, 6) is 0. The summed E-state index contributed by atoms with van der Waals surface area (Å²) < 4.78 is 120. The minimum Gasteiger partial charge on any atom is -0.424 e. The third kappa shape index (κ3) is 2.91. The van der Waals surface area contributed by atoms with E-state index in [0.717, 1.165) is 0 Å². The quantitative estimate of drug-likeness (QED) is 0.501. The summed E-state index contributed by atoms with van der Waals surface area (Å²) >= 11 is 0. The van der Waals surface area contributed by atoms with Crippen LogP contribution in [-0.4, -0.2) is 42.8 Å². The fraction of sp³-hybridized carbons (Fsp3) is 1.00. The first-order valence-corrected chi connectivity index (χ1v) is 9.40. The second-order valence-electron chi connectivity index (χ2n) is 2.98. The Morgan fingerprint density at radius 1 is 0.500 bits per heavy atom. The van der Waals surface area contributed by atoms with Crippen molar-refractivity contribution in [3.63, 3.8) is 0 Å². The Balaban J connectivity index is 0. The van der Waals surface area contributed by atoms with E-state index in [0.29, 0.717) is 0 Å². The Morgan fingerprint density at radius 2 is 0.636 bits per heavy atom. The summed E-state index contributed by atoms with van der Waals surface area (Å²) in [7, 11) is -20.3. The Hall–Kier alpha value is -0.640. The average molecular weight is 420 g/mol. The molecule has 0 saturated carbocycles. The maximum absolute atomic E-state index is 11.8. The first-order chi connectivity index (χ1) is 8.41. The van der Waals surface area contributed by atoms with E-state index < -0.39 is 49.3 Å². The van der Waals surface area contributed by atoms with Gasteiger partial charge in [0.05, 0.1) is 0 Å². The van der Waals surface area contributed by atoms with Gasteiger partial charge in [-0.05, 0) is 0 Å². The van der Waals surface area contributed by atoms with Crippen molar-refractivity contribution < 1.29 is 51.2 Å². The molecule has 2 heterocycles. The van der Waals surface area contributed by atoms with E-state index in [1.807, 2.05) is 8.25 Å². The van der Waals surface area contributed by atoms with Gasteiger partial charge in [-0.2, -0.15) is 17.6 Å². The van der Waals surface area contributed by atoms with Crippen LogP contribution in [0.5, 0.6) is 0 Å². The third-order valence-electron chi connectivity index (χ3n) is 1.59. The second kappa shape index (κ2) is 5.47. The normalized spacial score (nSPS) is 29.6. The van der Waals surface area contributed by atoms with Gasteiger partial charge in [-0.15, -0.1) is 0 Å². The van der Waals surface area contributed by atoms with E-state index in [4.69, 9.17) is 0 Å². The average Bonchev–Trinajstić information content (AvgIpc) is 2.13. The van der Waals surface area contributed by atoms with Gasteiger partial charge >= 0.3 is 9.17 Å². The number of nitrogens with zero attached hydrogens (tertiary/aromatic N) is 2. The molecule has 22 heavy (non-hydrogen) atoms. The van der Waals surface area contributed by atoms with Crippen molar-refractivity contribution in [2.75, 3.05) is 0 Å². The molecule has 0 aromatic rings. The molecule has 0 atom stereocenters. The summed E-state index contributed by atoms with van der Waals surface area (Å²) in [4.78, 5) is 0. The van der Waals surface area contributed by atoms with Gasteiger partial charge in [0.1, 0.15) is 0 Å². The molecule has 2 aliphatic rings. The smallest absolute Gasteiger partial charge is 0.413 e. The molecule has 0 amide bonds. The minimum atomic E-state index is -5.06. The first-order valence-electron chi connectivity index (χ1n) is 3.64. The lowest BCUT2D eigenvalue weighted by molar-refractivity contribution is 0.177. The monoisotopic (exact) mass is 420 g/mol.